The second kappa shape index (κ2) is 10.5. The molecule has 38 heavy (non-hydrogen) atoms. The SMILES string of the molecule is CC(C)(C)[Si](C)(C)OC[C@H]1O[C@]2(CC(C[Si](C)(C)C)Oc3nc(=O)ccn32)[C@@H](Br)[C@@H]1O[Si](C)(C)C(C)(C)C. The third kappa shape index (κ3) is 6.60. The predicted octanol–water partition coefficient (Wildman–Crippen LogP) is 6.96. The van der Waals surface area contributed by atoms with Crippen LogP contribution >= 0.6 is 15.9 Å². The minimum Gasteiger partial charge on any atom is -0.461 e. The lowest BCUT2D eigenvalue weighted by Crippen LogP contribution is -2.53. The molecule has 0 radical (unpaired) electrons. The van der Waals surface area contributed by atoms with Crippen LogP contribution in [0.2, 0.25) is 61.9 Å². The summed E-state index contributed by atoms with van der Waals surface area (Å²) in [5.41, 5.74) is -1.11. The summed E-state index contributed by atoms with van der Waals surface area (Å²) < 4.78 is 29.2. The van der Waals surface area contributed by atoms with Crippen molar-refractivity contribution in [2.45, 2.75) is 139 Å². The van der Waals surface area contributed by atoms with Crippen LogP contribution in [0.5, 0.6) is 6.01 Å². The highest BCUT2D eigenvalue weighted by Crippen LogP contribution is 2.51. The van der Waals surface area contributed by atoms with Crippen molar-refractivity contribution in [2.75, 3.05) is 6.61 Å². The van der Waals surface area contributed by atoms with Gasteiger partial charge in [-0.1, -0.05) is 77.1 Å². The largest absolute Gasteiger partial charge is 0.461 e. The van der Waals surface area contributed by atoms with Gasteiger partial charge in [-0.25, -0.2) is 0 Å². The monoisotopic (exact) mass is 646 g/mol. The minimum atomic E-state index is -2.15. The van der Waals surface area contributed by atoms with E-state index in [0.717, 1.165) is 6.04 Å². The molecule has 0 aliphatic carbocycles. The Kier molecular flexibility index (Phi) is 8.91. The van der Waals surface area contributed by atoms with Crippen molar-refractivity contribution in [2.24, 2.45) is 0 Å². The molecule has 218 valence electrons. The van der Waals surface area contributed by atoms with Gasteiger partial charge >= 0.3 is 6.01 Å². The normalized spacial score (nSPS) is 28.9. The summed E-state index contributed by atoms with van der Waals surface area (Å²) in [6.45, 7) is 30.1. The second-order valence-electron chi connectivity index (χ2n) is 15.4. The van der Waals surface area contributed by atoms with Gasteiger partial charge in [0.25, 0.3) is 5.56 Å². The van der Waals surface area contributed by atoms with Crippen LogP contribution in [-0.2, 0) is 19.3 Å². The molecule has 1 fully saturated rings. The average molecular weight is 648 g/mol. The molecule has 1 aromatic heterocycles. The van der Waals surface area contributed by atoms with Crippen molar-refractivity contribution in [3.63, 3.8) is 0 Å². The maximum absolute atomic E-state index is 12.3. The Morgan fingerprint density at radius 3 is 2.16 bits per heavy atom. The molecule has 1 unspecified atom stereocenters. The van der Waals surface area contributed by atoms with Gasteiger partial charge in [0.1, 0.15) is 12.2 Å². The molecule has 2 aliphatic heterocycles. The molecule has 1 spiro atoms. The first-order valence-corrected chi connectivity index (χ1v) is 24.3. The fourth-order valence-electron chi connectivity index (χ4n) is 4.65. The number of aromatic nitrogens is 2. The zero-order chi connectivity index (χ0) is 29.1. The van der Waals surface area contributed by atoms with E-state index in [1.54, 1.807) is 6.20 Å². The van der Waals surface area contributed by atoms with Gasteiger partial charge in [-0.3, -0.25) is 9.36 Å². The number of fused-ring (bicyclic) bond motifs is 2. The van der Waals surface area contributed by atoms with Crippen molar-refractivity contribution in [1.29, 1.82) is 0 Å². The maximum atomic E-state index is 12.3. The Morgan fingerprint density at radius 1 is 1.05 bits per heavy atom. The number of halogens is 1. The number of hydrogen-bond donors (Lipinski definition) is 0. The van der Waals surface area contributed by atoms with Gasteiger partial charge in [-0.15, -0.1) is 0 Å². The Hall–Kier alpha value is -0.309. The van der Waals surface area contributed by atoms with Crippen molar-refractivity contribution in [3.05, 3.63) is 22.6 Å². The van der Waals surface area contributed by atoms with E-state index in [1.807, 2.05) is 4.57 Å². The lowest BCUT2D eigenvalue weighted by atomic mass is 9.98. The Labute approximate surface area is 241 Å². The molecule has 0 aromatic carbocycles. The summed E-state index contributed by atoms with van der Waals surface area (Å²) in [6, 6.07) is 2.76. The van der Waals surface area contributed by atoms with Crippen LogP contribution in [0.4, 0.5) is 0 Å². The van der Waals surface area contributed by atoms with E-state index >= 15 is 0 Å². The second-order valence-corrected chi connectivity index (χ2v) is 31.5. The van der Waals surface area contributed by atoms with Crippen molar-refractivity contribution in [1.82, 2.24) is 9.55 Å². The summed E-state index contributed by atoms with van der Waals surface area (Å²) in [7, 11) is -5.66. The van der Waals surface area contributed by atoms with E-state index in [0.29, 0.717) is 19.0 Å². The minimum absolute atomic E-state index is 0.0421. The van der Waals surface area contributed by atoms with Gasteiger partial charge < -0.3 is 18.3 Å². The first-order valence-electron chi connectivity index (χ1n) is 13.9. The molecule has 3 rings (SSSR count). The average Bonchev–Trinajstić information content (AvgIpc) is 2.94. The van der Waals surface area contributed by atoms with Gasteiger partial charge in [-0.2, -0.15) is 4.98 Å². The Morgan fingerprint density at radius 2 is 1.63 bits per heavy atom. The van der Waals surface area contributed by atoms with E-state index in [2.05, 4.69) is 108 Å². The highest BCUT2D eigenvalue weighted by Gasteiger charge is 2.61. The molecule has 0 amide bonds. The third-order valence-electron chi connectivity index (χ3n) is 8.91. The first-order chi connectivity index (χ1) is 17.0. The highest BCUT2D eigenvalue weighted by atomic mass is 79.9. The summed E-state index contributed by atoms with van der Waals surface area (Å²) in [4.78, 5) is 16.4. The topological polar surface area (TPSA) is 71.8 Å². The van der Waals surface area contributed by atoms with E-state index < -0.39 is 30.4 Å². The van der Waals surface area contributed by atoms with Gasteiger partial charge in [-0.05, 0) is 42.3 Å². The molecule has 5 atom stereocenters. The van der Waals surface area contributed by atoms with Crippen LogP contribution in [-0.4, -0.2) is 64.0 Å². The number of ether oxygens (including phenoxy) is 2. The summed E-state index contributed by atoms with van der Waals surface area (Å²) in [5.74, 6) is 0. The molecule has 1 saturated heterocycles. The Balaban J connectivity index is 2.08. The van der Waals surface area contributed by atoms with Crippen molar-refractivity contribution < 1.29 is 18.3 Å². The molecule has 11 heteroatoms. The summed E-state index contributed by atoms with van der Waals surface area (Å²) >= 11 is 4.10. The zero-order valence-corrected chi connectivity index (χ0v) is 30.5. The quantitative estimate of drug-likeness (QED) is 0.236. The van der Waals surface area contributed by atoms with E-state index in [9.17, 15) is 4.79 Å². The number of rotatable bonds is 7. The fraction of sp³-hybridized carbons (Fsp3) is 0.852. The maximum Gasteiger partial charge on any atom is 0.302 e. The molecular formula is C27H51BrN2O5Si3. The predicted molar refractivity (Wildman–Crippen MR) is 166 cm³/mol. The summed E-state index contributed by atoms with van der Waals surface area (Å²) in [5, 5.41) is 0.129. The summed E-state index contributed by atoms with van der Waals surface area (Å²) in [6.07, 6.45) is 1.83. The van der Waals surface area contributed by atoms with Gasteiger partial charge in [0.05, 0.1) is 17.5 Å². The van der Waals surface area contributed by atoms with Crippen LogP contribution in [0.25, 0.3) is 0 Å². The number of hydrogen-bond acceptors (Lipinski definition) is 6. The lowest BCUT2D eigenvalue weighted by Gasteiger charge is -2.44. The lowest BCUT2D eigenvalue weighted by molar-refractivity contribution is -0.148. The van der Waals surface area contributed by atoms with E-state index in [1.165, 1.54) is 6.07 Å². The molecule has 0 saturated carbocycles. The van der Waals surface area contributed by atoms with Gasteiger partial charge in [0, 0.05) is 26.8 Å². The molecular weight excluding hydrogens is 596 g/mol. The molecule has 0 N–H and O–H groups in total. The third-order valence-corrected chi connectivity index (χ3v) is 20.8. The van der Waals surface area contributed by atoms with Crippen LogP contribution in [0.15, 0.2) is 17.1 Å². The smallest absolute Gasteiger partial charge is 0.302 e. The fourth-order valence-corrected chi connectivity index (χ4v) is 9.74. The van der Waals surface area contributed by atoms with E-state index in [-0.39, 0.29) is 38.8 Å². The van der Waals surface area contributed by atoms with Crippen LogP contribution < -0.4 is 10.3 Å². The Bertz CT molecular complexity index is 1060. The number of nitrogens with zero attached hydrogens (tertiary/aromatic N) is 2. The number of alkyl halides is 1. The molecule has 3 heterocycles. The first kappa shape index (κ1) is 32.2. The van der Waals surface area contributed by atoms with Crippen molar-refractivity contribution in [3.8, 4) is 6.01 Å². The van der Waals surface area contributed by atoms with Crippen LogP contribution in [0.1, 0.15) is 48.0 Å². The van der Waals surface area contributed by atoms with Crippen LogP contribution in [0, 0.1) is 0 Å². The van der Waals surface area contributed by atoms with Gasteiger partial charge in [0.15, 0.2) is 22.4 Å². The van der Waals surface area contributed by atoms with E-state index in [4.69, 9.17) is 18.3 Å². The molecule has 1 aromatic rings. The standard InChI is InChI=1S/C27H51BrN2O5Si3/c1-25(2,3)37(10,11)32-17-20-22(35-38(12,13)26(4,5)6)23(28)27(34-20)16-19(18-36(7,8)9)33-24-29-21(31)14-15-30(24)27/h14-15,19-20,22-23H,16-18H2,1-13H3/t19?,20-,22-,23+,27-/m1/s1. The molecule has 2 aliphatic rings. The van der Waals surface area contributed by atoms with Crippen LogP contribution in [0.3, 0.4) is 0 Å². The zero-order valence-electron chi connectivity index (χ0n) is 25.9. The highest BCUT2D eigenvalue weighted by molar-refractivity contribution is 9.09. The van der Waals surface area contributed by atoms with Gasteiger partial charge in [0.2, 0.25) is 0 Å². The molecule has 0 bridgehead atoms. The van der Waals surface area contributed by atoms with Crippen molar-refractivity contribution >= 4 is 40.6 Å². The molecule has 7 nitrogen and oxygen atoms in total.